The molecule has 1 aliphatic rings. The van der Waals surface area contributed by atoms with Crippen molar-refractivity contribution in [3.05, 3.63) is 70.0 Å². The zero-order valence-corrected chi connectivity index (χ0v) is 11.9. The molecule has 104 valence electrons. The number of fused-ring (bicyclic) bond motifs is 1. The number of nitrogens with two attached hydrogens (primary N) is 1. The molecule has 2 unspecified atom stereocenters. The fourth-order valence-corrected chi connectivity index (χ4v) is 3.31. The van der Waals surface area contributed by atoms with Gasteiger partial charge in [-0.15, -0.1) is 0 Å². The Hall–Kier alpha value is -1.38. The third kappa shape index (κ3) is 2.46. The Morgan fingerprint density at radius 1 is 1.20 bits per heavy atom. The van der Waals surface area contributed by atoms with Crippen LogP contribution in [0.3, 0.4) is 0 Å². The highest BCUT2D eigenvalue weighted by Crippen LogP contribution is 2.39. The molecule has 0 saturated carbocycles. The highest BCUT2D eigenvalue weighted by atomic mass is 35.5. The molecule has 0 bridgehead atoms. The Kier molecular flexibility index (Phi) is 3.77. The van der Waals surface area contributed by atoms with E-state index in [1.54, 1.807) is 12.1 Å². The maximum atomic E-state index is 14.1. The predicted octanol–water partition coefficient (Wildman–Crippen LogP) is 4.60. The Labute approximate surface area is 123 Å². The van der Waals surface area contributed by atoms with Gasteiger partial charge in [0.2, 0.25) is 0 Å². The van der Waals surface area contributed by atoms with Crippen LogP contribution in [0.1, 0.15) is 41.5 Å². The molecule has 0 saturated heterocycles. The summed E-state index contributed by atoms with van der Waals surface area (Å²) < 4.78 is 14.1. The molecule has 2 atom stereocenters. The van der Waals surface area contributed by atoms with Gasteiger partial charge in [-0.3, -0.25) is 0 Å². The molecular formula is C17H17ClFN. The number of rotatable bonds is 2. The average molecular weight is 290 g/mol. The second-order valence-corrected chi connectivity index (χ2v) is 5.83. The van der Waals surface area contributed by atoms with Gasteiger partial charge in [0.15, 0.2) is 0 Å². The van der Waals surface area contributed by atoms with E-state index in [2.05, 4.69) is 18.2 Å². The summed E-state index contributed by atoms with van der Waals surface area (Å²) in [4.78, 5) is 0. The molecule has 2 N–H and O–H groups in total. The fraction of sp³-hybridized carbons (Fsp3) is 0.294. The molecule has 2 aromatic rings. The Balaban J connectivity index is 1.97. The lowest BCUT2D eigenvalue weighted by Gasteiger charge is -2.30. The Bertz CT molecular complexity index is 626. The van der Waals surface area contributed by atoms with Gasteiger partial charge in [0.1, 0.15) is 5.82 Å². The Morgan fingerprint density at radius 3 is 2.80 bits per heavy atom. The van der Waals surface area contributed by atoms with Crippen LogP contribution in [0, 0.1) is 5.82 Å². The van der Waals surface area contributed by atoms with Crippen molar-refractivity contribution in [2.24, 2.45) is 5.73 Å². The SMILES string of the molecule is NC(c1ccc(Cl)cc1F)C1CCCc2ccccc21. The van der Waals surface area contributed by atoms with Gasteiger partial charge in [-0.1, -0.05) is 41.9 Å². The van der Waals surface area contributed by atoms with Crippen molar-refractivity contribution in [1.82, 2.24) is 0 Å². The largest absolute Gasteiger partial charge is 0.323 e. The first-order chi connectivity index (χ1) is 9.66. The van der Waals surface area contributed by atoms with E-state index in [-0.39, 0.29) is 17.8 Å². The van der Waals surface area contributed by atoms with Crippen molar-refractivity contribution >= 4 is 11.6 Å². The molecule has 0 radical (unpaired) electrons. The van der Waals surface area contributed by atoms with Crippen LogP contribution in [0.5, 0.6) is 0 Å². The second-order valence-electron chi connectivity index (χ2n) is 5.39. The molecule has 0 aromatic heterocycles. The first kappa shape index (κ1) is 13.6. The number of hydrogen-bond acceptors (Lipinski definition) is 1. The lowest BCUT2D eigenvalue weighted by atomic mass is 9.77. The third-order valence-electron chi connectivity index (χ3n) is 4.17. The zero-order valence-electron chi connectivity index (χ0n) is 11.2. The van der Waals surface area contributed by atoms with Gasteiger partial charge in [0.25, 0.3) is 0 Å². The van der Waals surface area contributed by atoms with Crippen molar-refractivity contribution in [2.75, 3.05) is 0 Å². The molecule has 1 nitrogen and oxygen atoms in total. The third-order valence-corrected chi connectivity index (χ3v) is 4.41. The molecule has 20 heavy (non-hydrogen) atoms. The summed E-state index contributed by atoms with van der Waals surface area (Å²) in [6.07, 6.45) is 3.19. The maximum Gasteiger partial charge on any atom is 0.129 e. The monoisotopic (exact) mass is 289 g/mol. The molecule has 3 heteroatoms. The van der Waals surface area contributed by atoms with Crippen molar-refractivity contribution in [3.8, 4) is 0 Å². The van der Waals surface area contributed by atoms with E-state index in [1.165, 1.54) is 17.2 Å². The van der Waals surface area contributed by atoms with Crippen LogP contribution in [0.15, 0.2) is 42.5 Å². The molecule has 3 rings (SSSR count). The summed E-state index contributed by atoms with van der Waals surface area (Å²) in [6.45, 7) is 0. The number of aryl methyl sites for hydroxylation is 1. The van der Waals surface area contributed by atoms with Crippen LogP contribution in [0.4, 0.5) is 4.39 Å². The summed E-state index contributed by atoms with van der Waals surface area (Å²) in [7, 11) is 0. The number of halogens is 2. The van der Waals surface area contributed by atoms with Crippen LogP contribution in [0.25, 0.3) is 0 Å². The second kappa shape index (κ2) is 5.55. The van der Waals surface area contributed by atoms with Crippen molar-refractivity contribution in [2.45, 2.75) is 31.2 Å². The molecule has 0 spiro atoms. The predicted molar refractivity (Wildman–Crippen MR) is 80.5 cm³/mol. The minimum atomic E-state index is -0.325. The summed E-state index contributed by atoms with van der Waals surface area (Å²) >= 11 is 5.81. The van der Waals surface area contributed by atoms with Gasteiger partial charge >= 0.3 is 0 Å². The summed E-state index contributed by atoms with van der Waals surface area (Å²) in [5.74, 6) is -0.135. The Morgan fingerprint density at radius 2 is 2.00 bits per heavy atom. The molecule has 0 amide bonds. The van der Waals surface area contributed by atoms with Gasteiger partial charge in [-0.25, -0.2) is 4.39 Å². The van der Waals surface area contributed by atoms with Gasteiger partial charge in [0.05, 0.1) is 0 Å². The van der Waals surface area contributed by atoms with Crippen LogP contribution < -0.4 is 5.73 Å². The van der Waals surface area contributed by atoms with E-state index in [9.17, 15) is 4.39 Å². The van der Waals surface area contributed by atoms with E-state index < -0.39 is 0 Å². The molecule has 2 aromatic carbocycles. The summed E-state index contributed by atoms with van der Waals surface area (Å²) in [5, 5.41) is 0.405. The fourth-order valence-electron chi connectivity index (χ4n) is 3.15. The van der Waals surface area contributed by atoms with Crippen molar-refractivity contribution < 1.29 is 4.39 Å². The minimum Gasteiger partial charge on any atom is -0.323 e. The molecule has 1 aliphatic carbocycles. The van der Waals surface area contributed by atoms with Gasteiger partial charge in [-0.2, -0.15) is 0 Å². The van der Waals surface area contributed by atoms with Gasteiger partial charge in [-0.05, 0) is 42.5 Å². The number of benzene rings is 2. The topological polar surface area (TPSA) is 26.0 Å². The maximum absolute atomic E-state index is 14.1. The van der Waals surface area contributed by atoms with E-state index in [1.807, 2.05) is 6.07 Å². The molecule has 0 aliphatic heterocycles. The first-order valence-electron chi connectivity index (χ1n) is 6.95. The number of hydrogen-bond donors (Lipinski definition) is 1. The van der Waals surface area contributed by atoms with Gasteiger partial charge in [0, 0.05) is 22.5 Å². The lowest BCUT2D eigenvalue weighted by Crippen LogP contribution is -2.24. The van der Waals surface area contributed by atoms with Crippen LogP contribution in [-0.2, 0) is 6.42 Å². The van der Waals surface area contributed by atoms with E-state index in [0.717, 1.165) is 19.3 Å². The highest BCUT2D eigenvalue weighted by Gasteiger charge is 2.27. The minimum absolute atomic E-state index is 0.177. The smallest absolute Gasteiger partial charge is 0.129 e. The van der Waals surface area contributed by atoms with E-state index in [0.29, 0.717) is 10.6 Å². The quantitative estimate of drug-likeness (QED) is 0.859. The summed E-state index contributed by atoms with van der Waals surface area (Å²) in [6, 6.07) is 12.8. The summed E-state index contributed by atoms with van der Waals surface area (Å²) in [5.41, 5.74) is 9.51. The standard InChI is InChI=1S/C17H17ClFN/c18-12-8-9-15(16(19)10-12)17(20)14-7-3-5-11-4-1-2-6-13(11)14/h1-2,4,6,8-10,14,17H,3,5,7,20H2. The molecule has 0 fully saturated rings. The zero-order chi connectivity index (χ0) is 14.1. The van der Waals surface area contributed by atoms with E-state index >= 15 is 0 Å². The normalized spacial score (nSPS) is 19.4. The first-order valence-corrected chi connectivity index (χ1v) is 7.33. The van der Waals surface area contributed by atoms with Crippen LogP contribution >= 0.6 is 11.6 Å². The van der Waals surface area contributed by atoms with Gasteiger partial charge < -0.3 is 5.73 Å². The lowest BCUT2D eigenvalue weighted by molar-refractivity contribution is 0.458. The van der Waals surface area contributed by atoms with Crippen molar-refractivity contribution in [3.63, 3.8) is 0 Å². The van der Waals surface area contributed by atoms with Crippen LogP contribution in [0.2, 0.25) is 5.02 Å². The van der Waals surface area contributed by atoms with E-state index in [4.69, 9.17) is 17.3 Å². The molecule has 0 heterocycles. The average Bonchev–Trinajstić information content (AvgIpc) is 2.46. The van der Waals surface area contributed by atoms with Crippen molar-refractivity contribution in [1.29, 1.82) is 0 Å². The van der Waals surface area contributed by atoms with Crippen LogP contribution in [-0.4, -0.2) is 0 Å². The molecular weight excluding hydrogens is 273 g/mol. The highest BCUT2D eigenvalue weighted by molar-refractivity contribution is 6.30.